The van der Waals surface area contributed by atoms with Crippen molar-refractivity contribution in [2.45, 2.75) is 87.2 Å². The first-order valence-electron chi connectivity index (χ1n) is 13.5. The molecule has 0 radical (unpaired) electrons. The van der Waals surface area contributed by atoms with E-state index in [0.29, 0.717) is 11.4 Å². The number of aliphatic hydroxyl groups excluding tert-OH is 1. The summed E-state index contributed by atoms with van der Waals surface area (Å²) in [5, 5.41) is 11.7. The van der Waals surface area contributed by atoms with Gasteiger partial charge in [0.25, 0.3) is 0 Å². The Bertz CT molecular complexity index is 1020. The van der Waals surface area contributed by atoms with Gasteiger partial charge in [-0.05, 0) is 80.9 Å². The molecule has 1 amide bonds. The maximum absolute atomic E-state index is 14.1. The lowest BCUT2D eigenvalue weighted by Gasteiger charge is -2.34. The van der Waals surface area contributed by atoms with Crippen LogP contribution in [0.5, 0.6) is 0 Å². The van der Waals surface area contributed by atoms with E-state index in [9.17, 15) is 9.90 Å². The fourth-order valence-corrected chi connectivity index (χ4v) is 6.51. The molecule has 0 aromatic heterocycles. The Hall–Kier alpha value is -1.57. The summed E-state index contributed by atoms with van der Waals surface area (Å²) in [7, 11) is 1.79. The Kier molecular flexibility index (Phi) is 10.4. The third kappa shape index (κ3) is 7.10. The predicted octanol–water partition coefficient (Wildman–Crippen LogP) is 6.83. The first-order valence-corrected chi connectivity index (χ1v) is 15.1. The molecule has 1 saturated carbocycles. The third-order valence-electron chi connectivity index (χ3n) is 8.03. The van der Waals surface area contributed by atoms with Crippen molar-refractivity contribution in [2.75, 3.05) is 19.9 Å². The molecule has 37 heavy (non-hydrogen) atoms. The van der Waals surface area contributed by atoms with Crippen molar-refractivity contribution in [1.29, 1.82) is 0 Å². The molecular formula is C30H40ClNO4S. The fourth-order valence-electron chi connectivity index (χ4n) is 5.63. The Morgan fingerprint density at radius 3 is 2.59 bits per heavy atom. The zero-order chi connectivity index (χ0) is 26.4. The van der Waals surface area contributed by atoms with Crippen LogP contribution in [0.15, 0.2) is 53.4 Å². The van der Waals surface area contributed by atoms with Gasteiger partial charge in [-0.25, -0.2) is 0 Å². The normalized spacial score (nSPS) is 24.4. The van der Waals surface area contributed by atoms with Crippen LogP contribution < -0.4 is 0 Å². The molecule has 0 bridgehead atoms. The number of thioether (sulfide) groups is 1. The number of carbonyl (C=O) groups excluding carboxylic acids is 1. The topological polar surface area (TPSA) is 59.0 Å². The average molecular weight is 546 g/mol. The number of halogens is 1. The summed E-state index contributed by atoms with van der Waals surface area (Å²) >= 11 is 8.19. The molecule has 1 N–H and O–H groups in total. The number of carbonyl (C=O) groups is 1. The van der Waals surface area contributed by atoms with Gasteiger partial charge in [-0.2, -0.15) is 0 Å². The van der Waals surface area contributed by atoms with Crippen molar-refractivity contribution in [3.05, 3.63) is 64.7 Å². The zero-order valence-corrected chi connectivity index (χ0v) is 23.7. The molecule has 4 rings (SSSR count). The first-order chi connectivity index (χ1) is 17.9. The van der Waals surface area contributed by atoms with Crippen LogP contribution in [0.4, 0.5) is 0 Å². The predicted molar refractivity (Wildman–Crippen MR) is 150 cm³/mol. The van der Waals surface area contributed by atoms with Crippen LogP contribution in [0.2, 0.25) is 5.02 Å². The Morgan fingerprint density at radius 2 is 1.92 bits per heavy atom. The summed E-state index contributed by atoms with van der Waals surface area (Å²) in [6.07, 6.45) is 8.16. The number of ether oxygens (including phenoxy) is 2. The maximum atomic E-state index is 14.1. The molecule has 1 aliphatic heterocycles. The minimum atomic E-state index is -0.774. The molecule has 6 atom stereocenters. The minimum Gasteiger partial charge on any atom is -0.386 e. The number of benzene rings is 2. The molecule has 2 aromatic carbocycles. The van der Waals surface area contributed by atoms with Crippen molar-refractivity contribution >= 4 is 29.3 Å². The molecule has 4 unspecified atom stereocenters. The summed E-state index contributed by atoms with van der Waals surface area (Å²) in [4.78, 5) is 16.8. The maximum Gasteiger partial charge on any atom is 0.230 e. The van der Waals surface area contributed by atoms with Gasteiger partial charge in [0.1, 0.15) is 0 Å². The number of likely N-dealkylation sites (N-methyl/N-ethyl adjacent to an activating group) is 1. The summed E-state index contributed by atoms with van der Waals surface area (Å²) in [6, 6.07) is 15.1. The molecule has 5 nitrogen and oxygen atoms in total. The largest absolute Gasteiger partial charge is 0.386 e. The Balaban J connectivity index is 1.55. The minimum absolute atomic E-state index is 0.00462. The highest BCUT2D eigenvalue weighted by molar-refractivity contribution is 7.98. The lowest BCUT2D eigenvalue weighted by molar-refractivity contribution is -0.195. The number of hydrogen-bond donors (Lipinski definition) is 1. The Morgan fingerprint density at radius 1 is 1.14 bits per heavy atom. The molecule has 2 fully saturated rings. The number of amides is 1. The second-order valence-electron chi connectivity index (χ2n) is 10.4. The van der Waals surface area contributed by atoms with E-state index in [2.05, 4.69) is 0 Å². The smallest absolute Gasteiger partial charge is 0.230 e. The average Bonchev–Trinajstić information content (AvgIpc) is 3.37. The molecule has 2 aromatic rings. The summed E-state index contributed by atoms with van der Waals surface area (Å²) in [5.74, 6) is -0.110. The number of rotatable bonds is 10. The molecule has 7 heteroatoms. The summed E-state index contributed by atoms with van der Waals surface area (Å²) in [6.45, 7) is 2.66. The quantitative estimate of drug-likeness (QED) is 0.332. The fraction of sp³-hybridized carbons (Fsp3) is 0.567. The van der Waals surface area contributed by atoms with Crippen LogP contribution in [0.3, 0.4) is 0 Å². The summed E-state index contributed by atoms with van der Waals surface area (Å²) < 4.78 is 12.3. The highest BCUT2D eigenvalue weighted by Gasteiger charge is 2.37. The van der Waals surface area contributed by atoms with E-state index in [0.717, 1.165) is 61.2 Å². The van der Waals surface area contributed by atoms with E-state index in [4.69, 9.17) is 21.1 Å². The molecule has 1 heterocycles. The van der Waals surface area contributed by atoms with Gasteiger partial charge in [-0.3, -0.25) is 4.79 Å². The van der Waals surface area contributed by atoms with Crippen molar-refractivity contribution in [1.82, 2.24) is 4.90 Å². The van der Waals surface area contributed by atoms with Crippen LogP contribution in [0.1, 0.15) is 75.0 Å². The van der Waals surface area contributed by atoms with Gasteiger partial charge in [-0.1, -0.05) is 54.4 Å². The van der Waals surface area contributed by atoms with Gasteiger partial charge < -0.3 is 19.5 Å². The van der Waals surface area contributed by atoms with Crippen LogP contribution in [0.25, 0.3) is 0 Å². The van der Waals surface area contributed by atoms with Gasteiger partial charge in [0.2, 0.25) is 5.91 Å². The molecule has 202 valence electrons. The van der Waals surface area contributed by atoms with E-state index >= 15 is 0 Å². The molecule has 1 saturated heterocycles. The van der Waals surface area contributed by atoms with E-state index in [1.54, 1.807) is 23.7 Å². The highest BCUT2D eigenvalue weighted by Crippen LogP contribution is 2.40. The van der Waals surface area contributed by atoms with Gasteiger partial charge in [-0.15, -0.1) is 11.8 Å². The van der Waals surface area contributed by atoms with Crippen molar-refractivity contribution in [3.8, 4) is 0 Å². The Labute approximate surface area is 230 Å². The van der Waals surface area contributed by atoms with Crippen LogP contribution in [-0.4, -0.2) is 54.3 Å². The van der Waals surface area contributed by atoms with E-state index in [1.165, 1.54) is 0 Å². The molecule has 1 aliphatic carbocycles. The van der Waals surface area contributed by atoms with Crippen molar-refractivity contribution < 1.29 is 19.4 Å². The van der Waals surface area contributed by atoms with Gasteiger partial charge in [0.15, 0.2) is 6.29 Å². The second kappa shape index (κ2) is 13.5. The zero-order valence-electron chi connectivity index (χ0n) is 22.1. The van der Waals surface area contributed by atoms with E-state index in [-0.39, 0.29) is 36.2 Å². The second-order valence-corrected chi connectivity index (χ2v) is 11.6. The number of aliphatic hydroxyl groups is 1. The van der Waals surface area contributed by atoms with Crippen LogP contribution >= 0.6 is 23.4 Å². The van der Waals surface area contributed by atoms with Crippen molar-refractivity contribution in [2.24, 2.45) is 5.92 Å². The van der Waals surface area contributed by atoms with Crippen LogP contribution in [-0.2, 0) is 14.3 Å². The first kappa shape index (κ1) is 28.4. The molecule has 0 spiro atoms. The number of hydrogen-bond acceptors (Lipinski definition) is 5. The lowest BCUT2D eigenvalue weighted by Crippen LogP contribution is -2.42. The third-order valence-corrected chi connectivity index (χ3v) is 9.25. The lowest BCUT2D eigenvalue weighted by atomic mass is 9.85. The summed E-state index contributed by atoms with van der Waals surface area (Å²) in [5.41, 5.74) is 1.72. The highest BCUT2D eigenvalue weighted by atomic mass is 35.5. The van der Waals surface area contributed by atoms with Gasteiger partial charge >= 0.3 is 0 Å². The number of nitrogens with zero attached hydrogens (tertiary/aromatic N) is 1. The van der Waals surface area contributed by atoms with Gasteiger partial charge in [0.05, 0.1) is 29.2 Å². The van der Waals surface area contributed by atoms with Gasteiger partial charge in [0, 0.05) is 18.6 Å². The van der Waals surface area contributed by atoms with E-state index < -0.39 is 6.10 Å². The molecular weight excluding hydrogens is 506 g/mol. The molecule has 2 aliphatic rings. The van der Waals surface area contributed by atoms with Crippen LogP contribution in [0, 0.1) is 5.92 Å². The van der Waals surface area contributed by atoms with E-state index in [1.807, 2.05) is 61.7 Å². The SMILES string of the molecule is CSc1ccc(C(CC2CCCC2OC2CCCCO2)C(=O)N(C)[C@H](C)[C@H](O)c2ccccc2)cc1Cl. The standard InChI is InChI=1S/C30H40ClNO4S/c1-20(29(33)21-10-5-4-6-11-21)32(2)30(34)24(22-15-16-27(37-3)25(31)19-22)18-23-12-9-13-26(23)36-28-14-7-8-17-35-28/h4-6,10-11,15-16,19-20,23-24,26,28-29,33H,7-9,12-14,17-18H2,1-3H3/t20-,23?,24?,26?,28?,29+/m1/s1. The monoisotopic (exact) mass is 545 g/mol. The van der Waals surface area contributed by atoms with Crippen molar-refractivity contribution in [3.63, 3.8) is 0 Å².